The first-order chi connectivity index (χ1) is 11.2. The molecule has 0 saturated heterocycles. The van der Waals surface area contributed by atoms with Crippen molar-refractivity contribution < 1.29 is 23.0 Å². The van der Waals surface area contributed by atoms with Gasteiger partial charge < -0.3 is 15.2 Å². The highest BCUT2D eigenvalue weighted by Gasteiger charge is 2.28. The fourth-order valence-corrected chi connectivity index (χ4v) is 2.16. The lowest BCUT2D eigenvalue weighted by molar-refractivity contribution is -0.153. The molecular weight excluding hydrogens is 323 g/mol. The maximum absolute atomic E-state index is 12.2. The van der Waals surface area contributed by atoms with E-state index in [-0.39, 0.29) is 12.3 Å². The zero-order valence-corrected chi connectivity index (χ0v) is 13.5. The molecule has 2 rings (SSSR count). The van der Waals surface area contributed by atoms with Gasteiger partial charge in [0.25, 0.3) is 0 Å². The van der Waals surface area contributed by atoms with Gasteiger partial charge >= 0.3 is 6.18 Å². The molecule has 0 bridgehead atoms. The lowest BCUT2D eigenvalue weighted by Crippen LogP contribution is -2.34. The summed E-state index contributed by atoms with van der Waals surface area (Å²) in [5.41, 5.74) is 0.343. The number of nitrogens with zero attached hydrogens (tertiary/aromatic N) is 2. The molecule has 0 aliphatic heterocycles. The molecule has 2 N–H and O–H groups in total. The number of ether oxygens (including phenoxy) is 1. The van der Waals surface area contributed by atoms with Crippen molar-refractivity contribution in [1.29, 1.82) is 0 Å². The Bertz CT molecular complexity index is 669. The van der Waals surface area contributed by atoms with Crippen molar-refractivity contribution in [2.24, 2.45) is 7.05 Å². The minimum absolute atomic E-state index is 0.158. The van der Waals surface area contributed by atoms with Crippen LogP contribution < -0.4 is 10.1 Å². The third-order valence-electron chi connectivity index (χ3n) is 3.43. The highest BCUT2D eigenvalue weighted by atomic mass is 19.4. The number of hydrogen-bond donors (Lipinski definition) is 2. The van der Waals surface area contributed by atoms with E-state index in [1.807, 2.05) is 0 Å². The van der Waals surface area contributed by atoms with Gasteiger partial charge in [-0.2, -0.15) is 18.3 Å². The summed E-state index contributed by atoms with van der Waals surface area (Å²) in [5.74, 6) is 0.158. The first-order valence-electron chi connectivity index (χ1n) is 7.36. The van der Waals surface area contributed by atoms with Gasteiger partial charge in [0.05, 0.1) is 6.20 Å². The second-order valence-electron chi connectivity index (χ2n) is 5.83. The van der Waals surface area contributed by atoms with E-state index in [1.54, 1.807) is 43.2 Å². The summed E-state index contributed by atoms with van der Waals surface area (Å²) in [4.78, 5) is 0. The Morgan fingerprint density at radius 3 is 2.71 bits per heavy atom. The quantitative estimate of drug-likeness (QED) is 0.810. The van der Waals surface area contributed by atoms with Gasteiger partial charge in [-0.15, -0.1) is 0 Å². The molecule has 0 radical (unpaired) electrons. The number of aromatic nitrogens is 2. The summed E-state index contributed by atoms with van der Waals surface area (Å²) in [6.07, 6.45) is -1.04. The first-order valence-corrected chi connectivity index (χ1v) is 7.36. The monoisotopic (exact) mass is 343 g/mol. The minimum atomic E-state index is -4.36. The maximum atomic E-state index is 12.2. The largest absolute Gasteiger partial charge is 0.484 e. The Hall–Kier alpha value is -2.06. The predicted octanol–water partition coefficient (Wildman–Crippen LogP) is 2.36. The summed E-state index contributed by atoms with van der Waals surface area (Å²) < 4.78 is 42.8. The van der Waals surface area contributed by atoms with E-state index in [2.05, 4.69) is 10.4 Å². The highest BCUT2D eigenvalue weighted by molar-refractivity contribution is 5.28. The second kappa shape index (κ2) is 7.23. The SMILES string of the molecule is Cn1cc(C(C)(O)CNCc2cccc(OCC(F)(F)F)c2)cn1. The molecule has 0 fully saturated rings. The molecule has 1 unspecified atom stereocenters. The topological polar surface area (TPSA) is 59.3 Å². The van der Waals surface area contributed by atoms with E-state index >= 15 is 0 Å². The van der Waals surface area contributed by atoms with Gasteiger partial charge in [-0.3, -0.25) is 4.68 Å². The highest BCUT2D eigenvalue weighted by Crippen LogP contribution is 2.20. The average molecular weight is 343 g/mol. The molecule has 1 aromatic carbocycles. The van der Waals surface area contributed by atoms with Gasteiger partial charge in [-0.05, 0) is 24.6 Å². The van der Waals surface area contributed by atoms with E-state index in [9.17, 15) is 18.3 Å². The molecule has 1 atom stereocenters. The van der Waals surface area contributed by atoms with Crippen molar-refractivity contribution in [1.82, 2.24) is 15.1 Å². The van der Waals surface area contributed by atoms with Crippen LogP contribution in [0.4, 0.5) is 13.2 Å². The van der Waals surface area contributed by atoms with Crippen LogP contribution >= 0.6 is 0 Å². The maximum Gasteiger partial charge on any atom is 0.422 e. The van der Waals surface area contributed by atoms with Crippen LogP contribution in [0, 0.1) is 0 Å². The van der Waals surface area contributed by atoms with E-state index in [4.69, 9.17) is 4.74 Å². The van der Waals surface area contributed by atoms with Crippen molar-refractivity contribution in [2.45, 2.75) is 25.2 Å². The smallest absolute Gasteiger partial charge is 0.422 e. The number of rotatable bonds is 7. The van der Waals surface area contributed by atoms with Crippen LogP contribution in [0.5, 0.6) is 5.75 Å². The predicted molar refractivity (Wildman–Crippen MR) is 82.5 cm³/mol. The van der Waals surface area contributed by atoms with Gasteiger partial charge in [-0.25, -0.2) is 0 Å². The molecule has 8 heteroatoms. The van der Waals surface area contributed by atoms with Crippen molar-refractivity contribution in [3.63, 3.8) is 0 Å². The first kappa shape index (κ1) is 18.3. The number of aliphatic hydroxyl groups is 1. The van der Waals surface area contributed by atoms with Gasteiger partial charge in [0.15, 0.2) is 6.61 Å². The third kappa shape index (κ3) is 5.54. The van der Waals surface area contributed by atoms with Crippen LogP contribution in [0.25, 0.3) is 0 Å². The van der Waals surface area contributed by atoms with Gasteiger partial charge in [0, 0.05) is 31.9 Å². The zero-order chi connectivity index (χ0) is 17.8. The molecule has 0 spiro atoms. The second-order valence-corrected chi connectivity index (χ2v) is 5.83. The Kier molecular flexibility index (Phi) is 5.51. The van der Waals surface area contributed by atoms with E-state index < -0.39 is 18.4 Å². The van der Waals surface area contributed by atoms with Crippen LogP contribution in [0.15, 0.2) is 36.7 Å². The number of aryl methyl sites for hydroxylation is 1. The van der Waals surface area contributed by atoms with Gasteiger partial charge in [0.1, 0.15) is 11.4 Å². The molecule has 0 aliphatic rings. The molecule has 0 amide bonds. The summed E-state index contributed by atoms with van der Waals surface area (Å²) >= 11 is 0. The average Bonchev–Trinajstić information content (AvgIpc) is 2.92. The molecule has 24 heavy (non-hydrogen) atoms. The molecule has 132 valence electrons. The molecule has 5 nitrogen and oxygen atoms in total. The molecule has 0 saturated carbocycles. The Balaban J connectivity index is 1.88. The number of nitrogens with one attached hydrogen (secondary N) is 1. The van der Waals surface area contributed by atoms with Crippen molar-refractivity contribution >= 4 is 0 Å². The third-order valence-corrected chi connectivity index (χ3v) is 3.43. The number of benzene rings is 1. The Morgan fingerprint density at radius 2 is 2.08 bits per heavy atom. The molecule has 0 aliphatic carbocycles. The van der Waals surface area contributed by atoms with E-state index in [0.29, 0.717) is 12.1 Å². The van der Waals surface area contributed by atoms with Crippen LogP contribution in [0.3, 0.4) is 0 Å². The van der Waals surface area contributed by atoms with Crippen LogP contribution in [0.2, 0.25) is 0 Å². The summed E-state index contributed by atoms with van der Waals surface area (Å²) in [7, 11) is 1.76. The standard InChI is InChI=1S/C16H20F3N3O2/c1-15(23,13-8-21-22(2)9-13)10-20-7-12-4-3-5-14(6-12)24-11-16(17,18)19/h3-6,8-9,20,23H,7,10-11H2,1-2H3. The Labute approximate surface area is 138 Å². The normalized spacial score (nSPS) is 14.4. The molecule has 2 aromatic rings. The lowest BCUT2D eigenvalue weighted by atomic mass is 9.99. The van der Waals surface area contributed by atoms with E-state index in [0.717, 1.165) is 5.56 Å². The molecular formula is C16H20F3N3O2. The fourth-order valence-electron chi connectivity index (χ4n) is 2.16. The lowest BCUT2D eigenvalue weighted by Gasteiger charge is -2.22. The van der Waals surface area contributed by atoms with Crippen LogP contribution in [0.1, 0.15) is 18.1 Å². The summed E-state index contributed by atoms with van der Waals surface area (Å²) in [5, 5.41) is 17.5. The van der Waals surface area contributed by atoms with Crippen molar-refractivity contribution in [2.75, 3.05) is 13.2 Å². The summed E-state index contributed by atoms with van der Waals surface area (Å²) in [6.45, 7) is 1.01. The minimum Gasteiger partial charge on any atom is -0.484 e. The number of halogens is 3. The van der Waals surface area contributed by atoms with Gasteiger partial charge in [-0.1, -0.05) is 12.1 Å². The summed E-state index contributed by atoms with van der Waals surface area (Å²) in [6, 6.07) is 6.41. The number of hydrogen-bond acceptors (Lipinski definition) is 4. The zero-order valence-electron chi connectivity index (χ0n) is 13.5. The molecule has 1 aromatic heterocycles. The van der Waals surface area contributed by atoms with Crippen LogP contribution in [-0.2, 0) is 19.2 Å². The fraction of sp³-hybridized carbons (Fsp3) is 0.438. The van der Waals surface area contributed by atoms with E-state index in [1.165, 1.54) is 12.1 Å². The number of alkyl halides is 3. The van der Waals surface area contributed by atoms with Crippen LogP contribution in [-0.4, -0.2) is 34.2 Å². The van der Waals surface area contributed by atoms with Crippen molar-refractivity contribution in [3.05, 3.63) is 47.8 Å². The molecule has 1 heterocycles. The van der Waals surface area contributed by atoms with Gasteiger partial charge in [0.2, 0.25) is 0 Å². The Morgan fingerprint density at radius 1 is 1.33 bits per heavy atom. The van der Waals surface area contributed by atoms with Crippen molar-refractivity contribution in [3.8, 4) is 5.75 Å².